The lowest BCUT2D eigenvalue weighted by atomic mass is 10.1. The number of nitrogens with zero attached hydrogens (tertiary/aromatic N) is 4. The summed E-state index contributed by atoms with van der Waals surface area (Å²) in [6.45, 7) is 4.68. The largest absolute Gasteiger partial charge is 0.362 e. The SMILES string of the molecule is C[C@@H](N)c1ccc(N2CCn3cnnc3C2)cc1Br. The zero-order chi connectivity index (χ0) is 13.4. The maximum absolute atomic E-state index is 5.93. The molecule has 0 unspecified atom stereocenters. The number of nitrogens with two attached hydrogens (primary N) is 1. The molecular formula is C13H16BrN5. The van der Waals surface area contributed by atoms with Crippen molar-refractivity contribution >= 4 is 21.6 Å². The van der Waals surface area contributed by atoms with Crippen molar-refractivity contribution in [3.05, 3.63) is 40.4 Å². The molecule has 1 aliphatic rings. The summed E-state index contributed by atoms with van der Waals surface area (Å²) < 4.78 is 3.16. The van der Waals surface area contributed by atoms with E-state index in [0.717, 1.165) is 35.5 Å². The van der Waals surface area contributed by atoms with Crippen LogP contribution in [0.3, 0.4) is 0 Å². The van der Waals surface area contributed by atoms with Gasteiger partial charge in [0.1, 0.15) is 6.33 Å². The van der Waals surface area contributed by atoms with Gasteiger partial charge in [0.15, 0.2) is 5.82 Å². The van der Waals surface area contributed by atoms with Gasteiger partial charge in [0, 0.05) is 29.3 Å². The first kappa shape index (κ1) is 12.6. The summed E-state index contributed by atoms with van der Waals surface area (Å²) >= 11 is 3.60. The Bertz CT molecular complexity index is 592. The van der Waals surface area contributed by atoms with E-state index in [1.165, 1.54) is 5.69 Å². The molecule has 1 atom stereocenters. The number of aromatic nitrogens is 3. The quantitative estimate of drug-likeness (QED) is 0.920. The average molecular weight is 322 g/mol. The Morgan fingerprint density at radius 2 is 2.21 bits per heavy atom. The molecule has 100 valence electrons. The van der Waals surface area contributed by atoms with Crippen LogP contribution in [-0.4, -0.2) is 21.3 Å². The third-order valence-corrected chi connectivity index (χ3v) is 4.17. The zero-order valence-electron chi connectivity index (χ0n) is 10.8. The Morgan fingerprint density at radius 3 is 2.95 bits per heavy atom. The minimum atomic E-state index is 0.0351. The zero-order valence-corrected chi connectivity index (χ0v) is 12.3. The smallest absolute Gasteiger partial charge is 0.152 e. The number of benzene rings is 1. The Morgan fingerprint density at radius 1 is 1.37 bits per heavy atom. The molecule has 1 aliphatic heterocycles. The topological polar surface area (TPSA) is 60.0 Å². The van der Waals surface area contributed by atoms with Crippen molar-refractivity contribution in [3.63, 3.8) is 0 Å². The predicted molar refractivity (Wildman–Crippen MR) is 77.8 cm³/mol. The van der Waals surface area contributed by atoms with Gasteiger partial charge in [-0.1, -0.05) is 22.0 Å². The molecule has 0 aliphatic carbocycles. The lowest BCUT2D eigenvalue weighted by Crippen LogP contribution is -2.33. The summed E-state index contributed by atoms with van der Waals surface area (Å²) in [6.07, 6.45) is 1.79. The maximum Gasteiger partial charge on any atom is 0.152 e. The minimum absolute atomic E-state index is 0.0351. The van der Waals surface area contributed by atoms with Crippen molar-refractivity contribution < 1.29 is 0 Å². The van der Waals surface area contributed by atoms with Crippen LogP contribution in [0.15, 0.2) is 29.0 Å². The van der Waals surface area contributed by atoms with E-state index >= 15 is 0 Å². The van der Waals surface area contributed by atoms with E-state index in [2.05, 4.69) is 53.8 Å². The number of fused-ring (bicyclic) bond motifs is 1. The standard InChI is InChI=1S/C13H16BrN5/c1-9(15)11-3-2-10(6-12(11)14)18-4-5-19-8-16-17-13(19)7-18/h2-3,6,8-9H,4-5,7,15H2,1H3/t9-/m1/s1. The molecule has 19 heavy (non-hydrogen) atoms. The number of anilines is 1. The predicted octanol–water partition coefficient (Wildman–Crippen LogP) is 2.08. The van der Waals surface area contributed by atoms with Crippen molar-refractivity contribution in [1.29, 1.82) is 0 Å². The molecule has 2 N–H and O–H groups in total. The lowest BCUT2D eigenvalue weighted by Gasteiger charge is -2.29. The molecule has 0 bridgehead atoms. The van der Waals surface area contributed by atoms with Crippen LogP contribution in [0.4, 0.5) is 5.69 Å². The molecule has 3 rings (SSSR count). The van der Waals surface area contributed by atoms with Crippen LogP contribution in [0.5, 0.6) is 0 Å². The van der Waals surface area contributed by atoms with Crippen LogP contribution in [-0.2, 0) is 13.1 Å². The molecular weight excluding hydrogens is 306 g/mol. The number of halogens is 1. The summed E-state index contributed by atoms with van der Waals surface area (Å²) in [5, 5.41) is 8.09. The molecule has 5 nitrogen and oxygen atoms in total. The second-order valence-corrected chi connectivity index (χ2v) is 5.71. The van der Waals surface area contributed by atoms with E-state index in [4.69, 9.17) is 5.73 Å². The van der Waals surface area contributed by atoms with Gasteiger partial charge in [-0.3, -0.25) is 0 Å². The molecule has 0 fully saturated rings. The maximum atomic E-state index is 5.93. The van der Waals surface area contributed by atoms with Crippen LogP contribution in [0.1, 0.15) is 24.4 Å². The van der Waals surface area contributed by atoms with Crippen LogP contribution >= 0.6 is 15.9 Å². The highest BCUT2D eigenvalue weighted by molar-refractivity contribution is 9.10. The van der Waals surface area contributed by atoms with Gasteiger partial charge in [0.05, 0.1) is 6.54 Å². The summed E-state index contributed by atoms with van der Waals surface area (Å²) in [5.41, 5.74) is 8.24. The van der Waals surface area contributed by atoms with Gasteiger partial charge in [-0.05, 0) is 24.6 Å². The van der Waals surface area contributed by atoms with Crippen molar-refractivity contribution in [1.82, 2.24) is 14.8 Å². The van der Waals surface area contributed by atoms with E-state index in [-0.39, 0.29) is 6.04 Å². The van der Waals surface area contributed by atoms with E-state index in [1.54, 1.807) is 6.33 Å². The Kier molecular flexibility index (Phi) is 3.28. The molecule has 1 aromatic heterocycles. The van der Waals surface area contributed by atoms with Crippen molar-refractivity contribution in [3.8, 4) is 0 Å². The first-order valence-corrected chi connectivity index (χ1v) is 7.11. The molecule has 0 spiro atoms. The highest BCUT2D eigenvalue weighted by atomic mass is 79.9. The van der Waals surface area contributed by atoms with Gasteiger partial charge in [-0.2, -0.15) is 0 Å². The Balaban J connectivity index is 1.86. The lowest BCUT2D eigenvalue weighted by molar-refractivity contribution is 0.560. The molecule has 6 heteroatoms. The van der Waals surface area contributed by atoms with Crippen LogP contribution in [0, 0.1) is 0 Å². The monoisotopic (exact) mass is 321 g/mol. The Hall–Kier alpha value is -1.40. The van der Waals surface area contributed by atoms with E-state index in [9.17, 15) is 0 Å². The average Bonchev–Trinajstić information content (AvgIpc) is 2.85. The van der Waals surface area contributed by atoms with E-state index in [0.29, 0.717) is 0 Å². The summed E-state index contributed by atoms with van der Waals surface area (Å²) in [6, 6.07) is 6.37. The van der Waals surface area contributed by atoms with Crippen molar-refractivity contribution in [2.45, 2.75) is 26.1 Å². The van der Waals surface area contributed by atoms with Gasteiger partial charge in [-0.15, -0.1) is 10.2 Å². The van der Waals surface area contributed by atoms with Gasteiger partial charge in [0.2, 0.25) is 0 Å². The van der Waals surface area contributed by atoms with Crippen LogP contribution in [0.2, 0.25) is 0 Å². The second kappa shape index (κ2) is 4.94. The molecule has 0 radical (unpaired) electrons. The molecule has 1 aromatic carbocycles. The fourth-order valence-electron chi connectivity index (χ4n) is 2.37. The fraction of sp³-hybridized carbons (Fsp3) is 0.385. The first-order valence-electron chi connectivity index (χ1n) is 6.32. The molecule has 2 heterocycles. The molecule has 2 aromatic rings. The second-order valence-electron chi connectivity index (χ2n) is 4.86. The van der Waals surface area contributed by atoms with Gasteiger partial charge >= 0.3 is 0 Å². The highest BCUT2D eigenvalue weighted by Gasteiger charge is 2.18. The third-order valence-electron chi connectivity index (χ3n) is 3.48. The van der Waals surface area contributed by atoms with Gasteiger partial charge < -0.3 is 15.2 Å². The normalized spacial score (nSPS) is 16.3. The van der Waals surface area contributed by atoms with Gasteiger partial charge in [0.25, 0.3) is 0 Å². The number of hydrogen-bond acceptors (Lipinski definition) is 4. The fourth-order valence-corrected chi connectivity index (χ4v) is 3.10. The summed E-state index contributed by atoms with van der Waals surface area (Å²) in [7, 11) is 0. The first-order chi connectivity index (χ1) is 9.15. The summed E-state index contributed by atoms with van der Waals surface area (Å²) in [4.78, 5) is 2.31. The van der Waals surface area contributed by atoms with E-state index in [1.807, 2.05) is 6.92 Å². The minimum Gasteiger partial charge on any atom is -0.362 e. The molecule has 0 saturated heterocycles. The molecule has 0 saturated carbocycles. The van der Waals surface area contributed by atoms with Gasteiger partial charge in [-0.25, -0.2) is 0 Å². The van der Waals surface area contributed by atoms with Crippen LogP contribution in [0.25, 0.3) is 0 Å². The Labute approximate surface area is 120 Å². The van der Waals surface area contributed by atoms with Crippen LogP contribution < -0.4 is 10.6 Å². The van der Waals surface area contributed by atoms with E-state index < -0.39 is 0 Å². The summed E-state index contributed by atoms with van der Waals surface area (Å²) in [5.74, 6) is 1.01. The number of rotatable bonds is 2. The third kappa shape index (κ3) is 2.37. The van der Waals surface area contributed by atoms with Crippen molar-refractivity contribution in [2.24, 2.45) is 5.73 Å². The highest BCUT2D eigenvalue weighted by Crippen LogP contribution is 2.28. The molecule has 0 amide bonds. The van der Waals surface area contributed by atoms with Crippen molar-refractivity contribution in [2.75, 3.05) is 11.4 Å². The number of hydrogen-bond donors (Lipinski definition) is 1.